The molecule has 2 N–H and O–H groups in total. The molecular formula is C15H20N4O. The zero-order chi connectivity index (χ0) is 14.7. The van der Waals surface area contributed by atoms with E-state index >= 15 is 0 Å². The fourth-order valence-corrected chi connectivity index (χ4v) is 2.13. The van der Waals surface area contributed by atoms with Crippen LogP contribution in [-0.4, -0.2) is 21.8 Å². The molecule has 0 radical (unpaired) electrons. The van der Waals surface area contributed by atoms with E-state index in [1.54, 1.807) is 6.07 Å². The minimum atomic E-state index is -0.299. The van der Waals surface area contributed by atoms with Gasteiger partial charge in [-0.3, -0.25) is 9.89 Å². The highest BCUT2D eigenvalue weighted by atomic mass is 16.2. The molecule has 20 heavy (non-hydrogen) atoms. The van der Waals surface area contributed by atoms with Crippen LogP contribution in [0.2, 0.25) is 0 Å². The topological polar surface area (TPSA) is 70.1 Å². The Morgan fingerprint density at radius 1 is 1.55 bits per heavy atom. The van der Waals surface area contributed by atoms with Gasteiger partial charge in [-0.1, -0.05) is 18.2 Å². The molecule has 1 aliphatic carbocycles. The normalized spacial score (nSPS) is 20.6. The third-order valence-corrected chi connectivity index (χ3v) is 3.53. The molecule has 1 heterocycles. The van der Waals surface area contributed by atoms with E-state index in [0.717, 1.165) is 35.4 Å². The van der Waals surface area contributed by atoms with Gasteiger partial charge >= 0.3 is 0 Å². The highest BCUT2D eigenvalue weighted by Crippen LogP contribution is 2.26. The van der Waals surface area contributed by atoms with Crippen LogP contribution in [0.3, 0.4) is 0 Å². The SMILES string of the molecule is C=C(C)C1CC=C(C)C(=NNC(=O)c2cc(C)[nH]n2)C1. The summed E-state index contributed by atoms with van der Waals surface area (Å²) in [4.78, 5) is 11.9. The standard InChI is InChI=1S/C15H20N4O/c1-9(2)12-6-5-10(3)13(8-12)17-19-15(20)14-7-11(4)16-18-14/h5,7,12H,1,6,8H2,2-4H3,(H,16,18)(H,19,20). The number of hydrazone groups is 1. The number of allylic oxidation sites excluding steroid dienone is 3. The largest absolute Gasteiger partial charge is 0.291 e. The first-order valence-corrected chi connectivity index (χ1v) is 6.69. The maximum absolute atomic E-state index is 11.9. The van der Waals surface area contributed by atoms with Crippen molar-refractivity contribution in [3.63, 3.8) is 0 Å². The summed E-state index contributed by atoms with van der Waals surface area (Å²) in [5.41, 5.74) is 6.93. The Labute approximate surface area is 118 Å². The predicted octanol–water partition coefficient (Wildman–Crippen LogP) is 2.74. The van der Waals surface area contributed by atoms with Gasteiger partial charge in [-0.05, 0) is 51.2 Å². The predicted molar refractivity (Wildman–Crippen MR) is 79.5 cm³/mol. The summed E-state index contributed by atoms with van der Waals surface area (Å²) in [6, 6.07) is 1.69. The second-order valence-electron chi connectivity index (χ2n) is 5.31. The van der Waals surface area contributed by atoms with Gasteiger partial charge in [-0.15, -0.1) is 0 Å². The Kier molecular flexibility index (Phi) is 4.17. The van der Waals surface area contributed by atoms with E-state index in [4.69, 9.17) is 0 Å². The van der Waals surface area contributed by atoms with Crippen molar-refractivity contribution in [2.75, 3.05) is 0 Å². The van der Waals surface area contributed by atoms with Gasteiger partial charge < -0.3 is 0 Å². The van der Waals surface area contributed by atoms with Gasteiger partial charge in [0.15, 0.2) is 5.69 Å². The van der Waals surface area contributed by atoms with Gasteiger partial charge in [0.2, 0.25) is 0 Å². The Morgan fingerprint density at radius 2 is 2.30 bits per heavy atom. The van der Waals surface area contributed by atoms with E-state index in [1.165, 1.54) is 0 Å². The van der Waals surface area contributed by atoms with Crippen molar-refractivity contribution in [1.82, 2.24) is 15.6 Å². The first kappa shape index (κ1) is 14.2. The van der Waals surface area contributed by atoms with Crippen molar-refractivity contribution < 1.29 is 4.79 Å². The summed E-state index contributed by atoms with van der Waals surface area (Å²) in [7, 11) is 0. The van der Waals surface area contributed by atoms with Crippen molar-refractivity contribution in [2.45, 2.75) is 33.6 Å². The van der Waals surface area contributed by atoms with E-state index < -0.39 is 0 Å². The van der Waals surface area contributed by atoms with Gasteiger partial charge in [-0.2, -0.15) is 10.2 Å². The van der Waals surface area contributed by atoms with Gasteiger partial charge in [0.25, 0.3) is 5.91 Å². The second-order valence-corrected chi connectivity index (χ2v) is 5.31. The molecule has 0 saturated carbocycles. The van der Waals surface area contributed by atoms with Gasteiger partial charge in [-0.25, -0.2) is 5.43 Å². The molecule has 1 unspecified atom stereocenters. The third kappa shape index (κ3) is 3.23. The quantitative estimate of drug-likeness (QED) is 0.656. The number of H-pyrrole nitrogens is 1. The second kappa shape index (κ2) is 5.86. The molecule has 1 atom stereocenters. The molecular weight excluding hydrogens is 252 g/mol. The molecule has 0 aromatic carbocycles. The average Bonchev–Trinajstić information content (AvgIpc) is 2.84. The lowest BCUT2D eigenvalue weighted by Crippen LogP contribution is -2.23. The summed E-state index contributed by atoms with van der Waals surface area (Å²) in [6.07, 6.45) is 3.96. The Hall–Kier alpha value is -2.17. The monoisotopic (exact) mass is 272 g/mol. The molecule has 1 aromatic heterocycles. The number of rotatable bonds is 3. The molecule has 5 nitrogen and oxygen atoms in total. The van der Waals surface area contributed by atoms with Crippen LogP contribution in [0.25, 0.3) is 0 Å². The Balaban J connectivity index is 2.06. The van der Waals surface area contributed by atoms with Crippen LogP contribution >= 0.6 is 0 Å². The highest BCUT2D eigenvalue weighted by Gasteiger charge is 2.19. The van der Waals surface area contributed by atoms with E-state index in [1.807, 2.05) is 20.8 Å². The number of nitrogens with zero attached hydrogens (tertiary/aromatic N) is 2. The highest BCUT2D eigenvalue weighted by molar-refractivity contribution is 6.02. The summed E-state index contributed by atoms with van der Waals surface area (Å²) in [5, 5.41) is 10.9. The van der Waals surface area contributed by atoms with Crippen molar-refractivity contribution in [3.8, 4) is 0 Å². The number of hydrogen-bond acceptors (Lipinski definition) is 3. The molecule has 1 amide bonds. The third-order valence-electron chi connectivity index (χ3n) is 3.53. The number of carbonyl (C=O) groups excluding carboxylic acids is 1. The molecule has 0 fully saturated rings. The van der Waals surface area contributed by atoms with Gasteiger partial charge in [0, 0.05) is 5.69 Å². The van der Waals surface area contributed by atoms with Crippen molar-refractivity contribution in [2.24, 2.45) is 11.0 Å². The van der Waals surface area contributed by atoms with Crippen LogP contribution in [0.1, 0.15) is 42.9 Å². The lowest BCUT2D eigenvalue weighted by Gasteiger charge is -2.22. The van der Waals surface area contributed by atoms with Crippen LogP contribution in [0, 0.1) is 12.8 Å². The number of nitrogens with one attached hydrogen (secondary N) is 2. The maximum Gasteiger partial charge on any atom is 0.291 e. The fraction of sp³-hybridized carbons (Fsp3) is 0.400. The van der Waals surface area contributed by atoms with Crippen molar-refractivity contribution in [1.29, 1.82) is 0 Å². The maximum atomic E-state index is 11.9. The zero-order valence-corrected chi connectivity index (χ0v) is 12.2. The smallest absolute Gasteiger partial charge is 0.282 e. The van der Waals surface area contributed by atoms with Gasteiger partial charge in [0.05, 0.1) is 5.71 Å². The van der Waals surface area contributed by atoms with Crippen LogP contribution in [0.4, 0.5) is 0 Å². The molecule has 0 bridgehead atoms. The molecule has 0 aliphatic heterocycles. The first-order valence-electron chi connectivity index (χ1n) is 6.69. The molecule has 5 heteroatoms. The number of hydrogen-bond donors (Lipinski definition) is 2. The minimum absolute atomic E-state index is 0.299. The number of aromatic amines is 1. The number of aromatic nitrogens is 2. The van der Waals surface area contributed by atoms with Crippen LogP contribution in [0.15, 0.2) is 35.0 Å². The first-order chi connectivity index (χ1) is 9.47. The van der Waals surface area contributed by atoms with Crippen molar-refractivity contribution in [3.05, 3.63) is 41.3 Å². The zero-order valence-electron chi connectivity index (χ0n) is 12.2. The Bertz CT molecular complexity index is 595. The molecule has 106 valence electrons. The number of carbonyl (C=O) groups is 1. The summed E-state index contributed by atoms with van der Waals surface area (Å²) >= 11 is 0. The lowest BCUT2D eigenvalue weighted by atomic mass is 9.85. The molecule has 0 saturated heterocycles. The van der Waals surface area contributed by atoms with Crippen LogP contribution < -0.4 is 5.43 Å². The van der Waals surface area contributed by atoms with Crippen molar-refractivity contribution >= 4 is 11.6 Å². The van der Waals surface area contributed by atoms with E-state index in [2.05, 4.69) is 33.4 Å². The van der Waals surface area contributed by atoms with E-state index in [-0.39, 0.29) is 5.91 Å². The van der Waals surface area contributed by atoms with Crippen LogP contribution in [-0.2, 0) is 0 Å². The molecule has 0 spiro atoms. The van der Waals surface area contributed by atoms with E-state index in [0.29, 0.717) is 11.6 Å². The fourth-order valence-electron chi connectivity index (χ4n) is 2.13. The van der Waals surface area contributed by atoms with E-state index in [9.17, 15) is 4.79 Å². The Morgan fingerprint density at radius 3 is 2.90 bits per heavy atom. The summed E-state index contributed by atoms with van der Waals surface area (Å²) in [6.45, 7) is 9.89. The molecule has 1 aliphatic rings. The minimum Gasteiger partial charge on any atom is -0.282 e. The molecule has 1 aromatic rings. The number of amides is 1. The lowest BCUT2D eigenvalue weighted by molar-refractivity contribution is 0.0949. The number of aryl methyl sites for hydroxylation is 1. The van der Waals surface area contributed by atoms with Crippen LogP contribution in [0.5, 0.6) is 0 Å². The summed E-state index contributed by atoms with van der Waals surface area (Å²) < 4.78 is 0. The van der Waals surface area contributed by atoms with Gasteiger partial charge in [0.1, 0.15) is 0 Å². The summed E-state index contributed by atoms with van der Waals surface area (Å²) in [5.74, 6) is 0.106. The molecule has 2 rings (SSSR count). The average molecular weight is 272 g/mol.